The van der Waals surface area contributed by atoms with E-state index in [1.807, 2.05) is 0 Å². The Kier molecular flexibility index (Phi) is 21.7. The Morgan fingerprint density at radius 2 is 0.964 bits per heavy atom. The van der Waals surface area contributed by atoms with E-state index >= 15 is 0 Å². The third kappa shape index (κ3) is 27.3. The van der Waals surface area contributed by atoms with Crippen molar-refractivity contribution >= 4 is 10.4 Å². The molecular formula is C22H42NO4S-. The van der Waals surface area contributed by atoms with Crippen LogP contribution < -0.4 is 6.15 Å². The van der Waals surface area contributed by atoms with Crippen LogP contribution in [0.3, 0.4) is 0 Å². The molecule has 1 aromatic rings. The van der Waals surface area contributed by atoms with Crippen LogP contribution in [0.1, 0.15) is 102 Å². The van der Waals surface area contributed by atoms with Crippen molar-refractivity contribution in [3.8, 4) is 0 Å². The van der Waals surface area contributed by atoms with Gasteiger partial charge in [0.2, 0.25) is 0 Å². The monoisotopic (exact) mass is 416 g/mol. The summed E-state index contributed by atoms with van der Waals surface area (Å²) in [6.07, 6.45) is 21.5. The molecule has 0 heterocycles. The fourth-order valence-electron chi connectivity index (χ4n) is 3.17. The SMILES string of the molecule is CCCCCCCCCCCCCCCCc1ccccc1.O=S(=O)([O-])[O-].[NH4+]. The Labute approximate surface area is 173 Å². The van der Waals surface area contributed by atoms with Gasteiger partial charge in [-0.1, -0.05) is 121 Å². The first-order chi connectivity index (χ1) is 12.9. The van der Waals surface area contributed by atoms with Gasteiger partial charge >= 0.3 is 0 Å². The van der Waals surface area contributed by atoms with E-state index in [0.717, 1.165) is 0 Å². The standard InChI is InChI=1S/C22H38.H3N.H2O4S/c1-2-3-4-5-6-7-8-9-10-11-12-13-14-16-19-22-20-17-15-18-21-22;;1-5(2,3)4/h15,17-18,20-21H,2-14,16,19H2,1H3;1H3;(H2,1,2,3,4)/p-1. The molecule has 0 fully saturated rings. The van der Waals surface area contributed by atoms with Crippen LogP contribution in [-0.2, 0) is 16.8 Å². The topological polar surface area (TPSA) is 117 Å². The highest BCUT2D eigenvalue weighted by Crippen LogP contribution is 2.13. The second kappa shape index (κ2) is 20.8. The zero-order chi connectivity index (χ0) is 20.2. The van der Waals surface area contributed by atoms with Crippen LogP contribution in [0, 0.1) is 0 Å². The third-order valence-corrected chi connectivity index (χ3v) is 4.66. The molecule has 1 aromatic carbocycles. The lowest BCUT2D eigenvalue weighted by Gasteiger charge is -2.06. The highest BCUT2D eigenvalue weighted by atomic mass is 32.3. The van der Waals surface area contributed by atoms with Crippen LogP contribution in [0.4, 0.5) is 0 Å². The van der Waals surface area contributed by atoms with Gasteiger partial charge in [0.25, 0.3) is 0 Å². The van der Waals surface area contributed by atoms with Crippen LogP contribution >= 0.6 is 0 Å². The number of unbranched alkanes of at least 4 members (excludes halogenated alkanes) is 13. The van der Waals surface area contributed by atoms with Gasteiger partial charge in [-0.05, 0) is 18.4 Å². The van der Waals surface area contributed by atoms with Crippen LogP contribution in [0.5, 0.6) is 0 Å². The molecule has 0 aliphatic heterocycles. The molecule has 0 saturated carbocycles. The summed E-state index contributed by atoms with van der Waals surface area (Å²) >= 11 is 0. The highest BCUT2D eigenvalue weighted by Gasteiger charge is 1.95. The minimum Gasteiger partial charge on any atom is -0.759 e. The van der Waals surface area contributed by atoms with E-state index in [4.69, 9.17) is 17.5 Å². The Bertz CT molecular complexity index is 513. The number of quaternary nitrogens is 1. The fourth-order valence-corrected chi connectivity index (χ4v) is 3.17. The van der Waals surface area contributed by atoms with E-state index in [2.05, 4.69) is 37.3 Å². The van der Waals surface area contributed by atoms with E-state index in [0.29, 0.717) is 0 Å². The summed E-state index contributed by atoms with van der Waals surface area (Å²) in [4.78, 5) is 0. The molecule has 0 aromatic heterocycles. The molecule has 5 nitrogen and oxygen atoms in total. The Morgan fingerprint density at radius 3 is 1.32 bits per heavy atom. The summed E-state index contributed by atoms with van der Waals surface area (Å²) in [6.45, 7) is 2.29. The van der Waals surface area contributed by atoms with Gasteiger partial charge in [-0.3, -0.25) is 8.42 Å². The van der Waals surface area contributed by atoms with E-state index in [1.165, 1.54) is 102 Å². The van der Waals surface area contributed by atoms with Gasteiger partial charge in [0.1, 0.15) is 0 Å². The summed E-state index contributed by atoms with van der Waals surface area (Å²) < 4.78 is 34.1. The summed E-state index contributed by atoms with van der Waals surface area (Å²) in [5, 5.41) is 0. The lowest BCUT2D eigenvalue weighted by atomic mass is 10.0. The van der Waals surface area contributed by atoms with Gasteiger partial charge in [0, 0.05) is 10.4 Å². The average Bonchev–Trinajstić information content (AvgIpc) is 2.61. The molecule has 0 spiro atoms. The number of hydrogen-bond acceptors (Lipinski definition) is 4. The molecule has 6 heteroatoms. The normalized spacial score (nSPS) is 10.7. The number of aryl methyl sites for hydroxylation is 1. The van der Waals surface area contributed by atoms with Crippen molar-refractivity contribution in [1.82, 2.24) is 6.15 Å². The van der Waals surface area contributed by atoms with Crippen molar-refractivity contribution in [2.75, 3.05) is 0 Å². The van der Waals surface area contributed by atoms with Gasteiger partial charge in [-0.15, -0.1) is 0 Å². The lowest BCUT2D eigenvalue weighted by Crippen LogP contribution is -1.91. The van der Waals surface area contributed by atoms with E-state index in [-0.39, 0.29) is 6.15 Å². The van der Waals surface area contributed by atoms with Gasteiger partial charge < -0.3 is 15.3 Å². The number of hydrogen-bond donors (Lipinski definition) is 1. The molecule has 0 amide bonds. The maximum Gasteiger partial charge on any atom is 0.0311 e. The number of benzene rings is 1. The van der Waals surface area contributed by atoms with E-state index in [9.17, 15) is 0 Å². The summed E-state index contributed by atoms with van der Waals surface area (Å²) in [6, 6.07) is 10.9. The maximum atomic E-state index is 8.52. The minimum absolute atomic E-state index is 0. The van der Waals surface area contributed by atoms with Crippen molar-refractivity contribution in [3.63, 3.8) is 0 Å². The van der Waals surface area contributed by atoms with Crippen molar-refractivity contribution < 1.29 is 17.5 Å². The van der Waals surface area contributed by atoms with Crippen molar-refractivity contribution in [2.24, 2.45) is 0 Å². The van der Waals surface area contributed by atoms with E-state index in [1.54, 1.807) is 0 Å². The molecule has 4 N–H and O–H groups in total. The number of rotatable bonds is 15. The smallest absolute Gasteiger partial charge is 0.0311 e. The predicted molar refractivity (Wildman–Crippen MR) is 117 cm³/mol. The van der Waals surface area contributed by atoms with Crippen molar-refractivity contribution in [3.05, 3.63) is 35.9 Å². The third-order valence-electron chi connectivity index (χ3n) is 4.66. The second-order valence-corrected chi connectivity index (χ2v) is 8.06. The fraction of sp³-hybridized carbons (Fsp3) is 0.727. The highest BCUT2D eigenvalue weighted by molar-refractivity contribution is 7.79. The second-order valence-electron chi connectivity index (χ2n) is 7.24. The predicted octanol–water partition coefficient (Wildman–Crippen LogP) is 6.75. The molecule has 0 bridgehead atoms. The van der Waals surface area contributed by atoms with Crippen LogP contribution in [0.15, 0.2) is 30.3 Å². The molecule has 0 saturated heterocycles. The first-order valence-corrected chi connectivity index (χ1v) is 12.0. The maximum absolute atomic E-state index is 8.52. The first-order valence-electron chi connectivity index (χ1n) is 10.6. The van der Waals surface area contributed by atoms with Gasteiger partial charge in [-0.2, -0.15) is 0 Å². The van der Waals surface area contributed by atoms with Crippen LogP contribution in [0.25, 0.3) is 0 Å². The van der Waals surface area contributed by atoms with Crippen molar-refractivity contribution in [2.45, 2.75) is 103 Å². The molecule has 166 valence electrons. The van der Waals surface area contributed by atoms with Gasteiger partial charge in [-0.25, -0.2) is 0 Å². The molecule has 0 aliphatic carbocycles. The van der Waals surface area contributed by atoms with Gasteiger partial charge in [0.05, 0.1) is 0 Å². The molecule has 1 rings (SSSR count). The molecule has 0 unspecified atom stereocenters. The quantitative estimate of drug-likeness (QED) is 0.193. The van der Waals surface area contributed by atoms with Crippen LogP contribution in [0.2, 0.25) is 0 Å². The first kappa shape index (κ1) is 29.3. The Morgan fingerprint density at radius 1 is 0.643 bits per heavy atom. The van der Waals surface area contributed by atoms with Crippen molar-refractivity contribution in [1.29, 1.82) is 0 Å². The summed E-state index contributed by atoms with van der Waals surface area (Å²) in [7, 11) is -5.17. The molecule has 0 atom stereocenters. The Hall–Kier alpha value is -0.950. The summed E-state index contributed by atoms with van der Waals surface area (Å²) in [5.74, 6) is 0. The molecular weight excluding hydrogens is 374 g/mol. The Balaban J connectivity index is 0. The van der Waals surface area contributed by atoms with E-state index < -0.39 is 10.4 Å². The minimum atomic E-state index is -5.17. The molecule has 0 radical (unpaired) electrons. The summed E-state index contributed by atoms with van der Waals surface area (Å²) in [5.41, 5.74) is 1.50. The zero-order valence-corrected chi connectivity index (χ0v) is 18.9. The van der Waals surface area contributed by atoms with Crippen LogP contribution in [-0.4, -0.2) is 17.5 Å². The largest absolute Gasteiger partial charge is 0.759 e. The zero-order valence-electron chi connectivity index (χ0n) is 18.0. The van der Waals surface area contributed by atoms with Gasteiger partial charge in [0.15, 0.2) is 0 Å². The lowest BCUT2D eigenvalue weighted by molar-refractivity contribution is 0.352. The average molecular weight is 417 g/mol. The molecule has 0 aliphatic rings. The molecule has 28 heavy (non-hydrogen) atoms.